The summed E-state index contributed by atoms with van der Waals surface area (Å²) < 4.78 is 1.45. The molecular weight excluding hydrogens is 272 g/mol. The van der Waals surface area contributed by atoms with Crippen LogP contribution in [0.25, 0.3) is 0 Å². The van der Waals surface area contributed by atoms with E-state index in [1.54, 1.807) is 19.0 Å². The number of anilines is 1. The Bertz CT molecular complexity index is 652. The highest BCUT2D eigenvalue weighted by Crippen LogP contribution is 2.22. The fourth-order valence-corrected chi connectivity index (χ4v) is 1.80. The number of hydrogen-bond donors (Lipinski definition) is 4. The first-order valence-electron chi connectivity index (χ1n) is 6.27. The molecule has 9 nitrogen and oxygen atoms in total. The lowest BCUT2D eigenvalue weighted by atomic mass is 10.2. The smallest absolute Gasteiger partial charge is 0.178 e. The number of dihydropyridines is 1. The molecule has 2 heterocycles. The summed E-state index contributed by atoms with van der Waals surface area (Å²) >= 11 is 0. The number of rotatable bonds is 3. The number of amidine groups is 2. The molecule has 1 aromatic heterocycles. The second-order valence-electron chi connectivity index (χ2n) is 4.64. The van der Waals surface area contributed by atoms with Crippen LogP contribution >= 0.6 is 0 Å². The second-order valence-corrected chi connectivity index (χ2v) is 4.64. The van der Waals surface area contributed by atoms with Crippen LogP contribution in [0.2, 0.25) is 0 Å². The molecule has 0 atom stereocenters. The molecule has 2 rings (SSSR count). The second kappa shape index (κ2) is 5.75. The minimum absolute atomic E-state index is 0.0654. The first kappa shape index (κ1) is 14.7. The average molecular weight is 290 g/mol. The number of aliphatic imine (C=N–C) groups is 2. The third-order valence-electron chi connectivity index (χ3n) is 2.83. The number of aliphatic hydroxyl groups excluding tert-OH is 1. The molecule has 0 unspecified atom stereocenters. The molecule has 0 aromatic carbocycles. The van der Waals surface area contributed by atoms with Gasteiger partial charge < -0.3 is 21.5 Å². The van der Waals surface area contributed by atoms with Gasteiger partial charge in [-0.15, -0.1) is 0 Å². The van der Waals surface area contributed by atoms with E-state index in [9.17, 15) is 0 Å². The van der Waals surface area contributed by atoms with Gasteiger partial charge in [0, 0.05) is 14.1 Å². The molecule has 21 heavy (non-hydrogen) atoms. The lowest BCUT2D eigenvalue weighted by molar-refractivity contribution is 0.270. The van der Waals surface area contributed by atoms with Gasteiger partial charge in [0.25, 0.3) is 0 Å². The van der Waals surface area contributed by atoms with Crippen LogP contribution in [0.3, 0.4) is 0 Å². The number of nitrogens with one attached hydrogen (secondary N) is 1. The zero-order valence-corrected chi connectivity index (χ0v) is 11.9. The maximum absolute atomic E-state index is 8.91. The van der Waals surface area contributed by atoms with Crippen LogP contribution < -0.4 is 11.5 Å². The number of nitrogens with zero attached hydrogens (tertiary/aromatic N) is 5. The van der Waals surface area contributed by atoms with Gasteiger partial charge in [-0.05, 0) is 6.08 Å². The van der Waals surface area contributed by atoms with E-state index in [4.69, 9.17) is 22.0 Å². The lowest BCUT2D eigenvalue weighted by Gasteiger charge is -2.19. The van der Waals surface area contributed by atoms with E-state index in [-0.39, 0.29) is 18.2 Å². The highest BCUT2D eigenvalue weighted by Gasteiger charge is 2.18. The number of nitrogen functional groups attached to an aromatic ring is 1. The Balaban J connectivity index is 2.40. The SMILES string of the molecule is CN(C)C1=N/C(=N/c2cnn(CCO)c2N)C(N)=CC1=N. The Hall–Kier alpha value is -2.68. The Morgan fingerprint density at radius 1 is 1.43 bits per heavy atom. The van der Waals surface area contributed by atoms with E-state index in [1.807, 2.05) is 0 Å². The van der Waals surface area contributed by atoms with Crippen molar-refractivity contribution < 1.29 is 5.11 Å². The number of aliphatic hydroxyl groups is 1. The summed E-state index contributed by atoms with van der Waals surface area (Å²) in [6, 6.07) is 0. The summed E-state index contributed by atoms with van der Waals surface area (Å²) in [5, 5.41) is 20.8. The fraction of sp³-hybridized carbons (Fsp3) is 0.333. The molecule has 1 aliphatic rings. The van der Waals surface area contributed by atoms with Crippen molar-refractivity contribution in [3.05, 3.63) is 18.0 Å². The van der Waals surface area contributed by atoms with Crippen molar-refractivity contribution in [3.8, 4) is 0 Å². The topological polar surface area (TPSA) is 142 Å². The van der Waals surface area contributed by atoms with Crippen LogP contribution in [-0.2, 0) is 6.54 Å². The van der Waals surface area contributed by atoms with E-state index in [0.717, 1.165) is 0 Å². The molecule has 9 heteroatoms. The fourth-order valence-electron chi connectivity index (χ4n) is 1.80. The maximum atomic E-state index is 8.91. The molecule has 0 spiro atoms. The first-order chi connectivity index (χ1) is 9.93. The third kappa shape index (κ3) is 2.92. The highest BCUT2D eigenvalue weighted by molar-refractivity contribution is 6.48. The van der Waals surface area contributed by atoms with Gasteiger partial charge in [0.1, 0.15) is 11.5 Å². The van der Waals surface area contributed by atoms with E-state index in [0.29, 0.717) is 29.6 Å². The Morgan fingerprint density at radius 2 is 2.14 bits per heavy atom. The van der Waals surface area contributed by atoms with Crippen molar-refractivity contribution in [3.63, 3.8) is 0 Å². The number of aromatic nitrogens is 2. The van der Waals surface area contributed by atoms with Gasteiger partial charge in [-0.1, -0.05) is 0 Å². The summed E-state index contributed by atoms with van der Waals surface area (Å²) in [4.78, 5) is 10.3. The van der Waals surface area contributed by atoms with Gasteiger partial charge in [-0.3, -0.25) is 5.41 Å². The third-order valence-corrected chi connectivity index (χ3v) is 2.83. The molecular formula is C12H18N8O. The molecule has 1 aromatic rings. The van der Waals surface area contributed by atoms with Crippen molar-refractivity contribution in [1.29, 1.82) is 5.41 Å². The van der Waals surface area contributed by atoms with Crippen molar-refractivity contribution in [2.75, 3.05) is 26.4 Å². The molecule has 0 saturated heterocycles. The van der Waals surface area contributed by atoms with E-state index in [2.05, 4.69) is 15.1 Å². The van der Waals surface area contributed by atoms with Crippen molar-refractivity contribution in [1.82, 2.24) is 14.7 Å². The Morgan fingerprint density at radius 3 is 2.76 bits per heavy atom. The van der Waals surface area contributed by atoms with Crippen molar-refractivity contribution in [2.45, 2.75) is 6.54 Å². The Kier molecular flexibility index (Phi) is 4.03. The molecule has 0 amide bonds. The normalized spacial score (nSPS) is 16.9. The zero-order chi connectivity index (χ0) is 15.6. The minimum atomic E-state index is -0.0654. The zero-order valence-electron chi connectivity index (χ0n) is 11.9. The van der Waals surface area contributed by atoms with Gasteiger partial charge in [-0.25, -0.2) is 14.7 Å². The van der Waals surface area contributed by atoms with Crippen molar-refractivity contribution >= 4 is 28.9 Å². The number of nitrogens with two attached hydrogens (primary N) is 2. The molecule has 6 N–H and O–H groups in total. The highest BCUT2D eigenvalue weighted by atomic mass is 16.3. The van der Waals surface area contributed by atoms with Gasteiger partial charge in [0.2, 0.25) is 0 Å². The van der Waals surface area contributed by atoms with Crippen LogP contribution in [0.4, 0.5) is 11.5 Å². The van der Waals surface area contributed by atoms with Crippen LogP contribution in [0.15, 0.2) is 28.0 Å². The van der Waals surface area contributed by atoms with E-state index < -0.39 is 0 Å². The van der Waals surface area contributed by atoms with Crippen molar-refractivity contribution in [2.24, 2.45) is 15.7 Å². The molecule has 1 aliphatic heterocycles. The van der Waals surface area contributed by atoms with Gasteiger partial charge >= 0.3 is 0 Å². The van der Waals surface area contributed by atoms with Gasteiger partial charge in [0.15, 0.2) is 11.7 Å². The summed E-state index contributed by atoms with van der Waals surface area (Å²) in [6.45, 7) is 0.225. The predicted octanol–water partition coefficient (Wildman–Crippen LogP) is -0.676. The molecule has 0 radical (unpaired) electrons. The first-order valence-corrected chi connectivity index (χ1v) is 6.27. The molecule has 112 valence electrons. The lowest BCUT2D eigenvalue weighted by Crippen LogP contribution is -2.34. The molecule has 0 aliphatic carbocycles. The maximum Gasteiger partial charge on any atom is 0.178 e. The molecule has 0 bridgehead atoms. The van der Waals surface area contributed by atoms with Crippen LogP contribution in [0.1, 0.15) is 0 Å². The van der Waals surface area contributed by atoms with Gasteiger partial charge in [-0.2, -0.15) is 5.10 Å². The number of hydrogen-bond acceptors (Lipinski definition) is 7. The predicted molar refractivity (Wildman–Crippen MR) is 81.9 cm³/mol. The van der Waals surface area contributed by atoms with E-state index >= 15 is 0 Å². The summed E-state index contributed by atoms with van der Waals surface area (Å²) in [5.74, 6) is 1.07. The molecule has 0 fully saturated rings. The Labute approximate surface area is 121 Å². The molecule has 0 saturated carbocycles. The monoisotopic (exact) mass is 290 g/mol. The van der Waals surface area contributed by atoms with Crippen LogP contribution in [0, 0.1) is 5.41 Å². The summed E-state index contributed by atoms with van der Waals surface area (Å²) in [6.07, 6.45) is 2.98. The summed E-state index contributed by atoms with van der Waals surface area (Å²) in [7, 11) is 3.57. The van der Waals surface area contributed by atoms with Gasteiger partial charge in [0.05, 0.1) is 30.8 Å². The largest absolute Gasteiger partial charge is 0.396 e. The van der Waals surface area contributed by atoms with Crippen LogP contribution in [-0.4, -0.2) is 57.9 Å². The van der Waals surface area contributed by atoms with E-state index in [1.165, 1.54) is 17.0 Å². The van der Waals surface area contributed by atoms with Crippen LogP contribution in [0.5, 0.6) is 0 Å². The summed E-state index contributed by atoms with van der Waals surface area (Å²) in [5.41, 5.74) is 12.7. The quantitative estimate of drug-likeness (QED) is 0.583. The standard InChI is InChI=1S/C12H18N8O/c1-19(2)12-8(14)5-7(13)11(18-12)17-9-6-16-20(3-4-21)10(9)15/h5-6,14,21H,3-4,13,15H2,1-2H3/b14-8?,17-11+. The average Bonchev–Trinajstić information content (AvgIpc) is 2.74. The minimum Gasteiger partial charge on any atom is -0.396 e.